The number of benzene rings is 5. The second-order valence-corrected chi connectivity index (χ2v) is 12.1. The summed E-state index contributed by atoms with van der Waals surface area (Å²) in [5.74, 6) is -0.286. The lowest BCUT2D eigenvalue weighted by molar-refractivity contribution is 0.0737. The molecule has 5 aromatic rings. The van der Waals surface area contributed by atoms with E-state index in [9.17, 15) is 17.8 Å². The summed E-state index contributed by atoms with van der Waals surface area (Å²) in [5, 5.41) is 3.41. The van der Waals surface area contributed by atoms with Gasteiger partial charge in [0, 0.05) is 32.3 Å². The van der Waals surface area contributed by atoms with Gasteiger partial charge in [0.25, 0.3) is 10.1 Å². The third-order valence-electron chi connectivity index (χ3n) is 5.52. The second kappa shape index (κ2) is 9.15. The van der Waals surface area contributed by atoms with E-state index >= 15 is 0 Å². The van der Waals surface area contributed by atoms with Gasteiger partial charge in [-0.05, 0) is 78.5 Å². The lowest BCUT2D eigenvalue weighted by Crippen LogP contribution is -2.15. The number of esters is 1. The van der Waals surface area contributed by atoms with Crippen molar-refractivity contribution in [2.45, 2.75) is 4.90 Å². The van der Waals surface area contributed by atoms with Crippen molar-refractivity contribution >= 4 is 116 Å². The molecule has 0 fully saturated rings. The summed E-state index contributed by atoms with van der Waals surface area (Å²) in [6.45, 7) is 0. The van der Waals surface area contributed by atoms with Crippen molar-refractivity contribution in [3.05, 3.63) is 89.1 Å². The smallest absolute Gasteiger partial charge is 0.345 e. The van der Waals surface area contributed by atoms with E-state index in [1.165, 1.54) is 0 Å². The van der Waals surface area contributed by atoms with Crippen LogP contribution in [0.25, 0.3) is 32.3 Å². The highest BCUT2D eigenvalue weighted by molar-refractivity contribution is 14.1. The first-order valence-electron chi connectivity index (χ1n) is 9.88. The monoisotopic (exact) mass is 806 g/mol. The van der Waals surface area contributed by atoms with Crippen molar-refractivity contribution in [1.29, 1.82) is 0 Å². The van der Waals surface area contributed by atoms with E-state index in [-0.39, 0.29) is 21.4 Å². The van der Waals surface area contributed by atoms with Gasteiger partial charge in [0.05, 0.1) is 5.56 Å². The summed E-state index contributed by atoms with van der Waals surface area (Å²) in [7, 11) is -4.54. The van der Waals surface area contributed by atoms with E-state index < -0.39 is 16.1 Å². The van der Waals surface area contributed by atoms with Gasteiger partial charge < -0.3 is 4.74 Å². The molecule has 5 aromatic carbocycles. The highest BCUT2D eigenvalue weighted by Gasteiger charge is 2.26. The SMILES string of the molecule is O=C(Oc1c2ccccc2c(S(=O)(=O)O)c2ccccc12)c1c(I)c(I)c2ccccc2c1I. The van der Waals surface area contributed by atoms with Crippen LogP contribution in [0.3, 0.4) is 0 Å². The number of halogens is 3. The van der Waals surface area contributed by atoms with E-state index in [1.54, 1.807) is 48.5 Å². The van der Waals surface area contributed by atoms with E-state index in [0.29, 0.717) is 16.3 Å². The van der Waals surface area contributed by atoms with Gasteiger partial charge in [0.2, 0.25) is 0 Å². The fourth-order valence-electron chi connectivity index (χ4n) is 4.08. The molecule has 0 saturated carbocycles. The van der Waals surface area contributed by atoms with Crippen molar-refractivity contribution < 1.29 is 22.5 Å². The van der Waals surface area contributed by atoms with Crippen molar-refractivity contribution in [3.8, 4) is 5.75 Å². The first kappa shape index (κ1) is 24.2. The van der Waals surface area contributed by atoms with Gasteiger partial charge in [-0.15, -0.1) is 0 Å². The van der Waals surface area contributed by atoms with Crippen LogP contribution in [0.4, 0.5) is 0 Å². The van der Waals surface area contributed by atoms with Crippen molar-refractivity contribution in [1.82, 2.24) is 0 Å². The normalized spacial score (nSPS) is 11.9. The molecule has 5 nitrogen and oxygen atoms in total. The molecule has 0 heterocycles. The maximum Gasteiger partial charge on any atom is 0.345 e. The van der Waals surface area contributed by atoms with Crippen LogP contribution in [0, 0.1) is 10.7 Å². The second-order valence-electron chi connectivity index (χ2n) is 7.48. The molecule has 0 atom stereocenters. The molecule has 0 saturated heterocycles. The summed E-state index contributed by atoms with van der Waals surface area (Å²) in [5.41, 5.74) is 0.455. The van der Waals surface area contributed by atoms with Crippen molar-refractivity contribution in [3.63, 3.8) is 0 Å². The molecule has 0 aliphatic heterocycles. The minimum absolute atomic E-state index is 0.206. The van der Waals surface area contributed by atoms with Crippen LogP contribution in [0.1, 0.15) is 10.4 Å². The Labute approximate surface area is 236 Å². The molecule has 5 rings (SSSR count). The zero-order valence-electron chi connectivity index (χ0n) is 17.1. The molecule has 0 aliphatic carbocycles. The maximum atomic E-state index is 13.6. The largest absolute Gasteiger partial charge is 0.422 e. The highest BCUT2D eigenvalue weighted by atomic mass is 127. The lowest BCUT2D eigenvalue weighted by atomic mass is 10.0. The van der Waals surface area contributed by atoms with E-state index in [2.05, 4.69) is 67.8 Å². The van der Waals surface area contributed by atoms with Crippen LogP contribution in [-0.2, 0) is 10.1 Å². The molecule has 0 aliphatic rings. The third kappa shape index (κ3) is 3.98. The summed E-state index contributed by atoms with van der Waals surface area (Å²) < 4.78 is 43.2. The summed E-state index contributed by atoms with van der Waals surface area (Å²) in [6.07, 6.45) is 0. The highest BCUT2D eigenvalue weighted by Crippen LogP contribution is 2.41. The van der Waals surface area contributed by atoms with Gasteiger partial charge in [-0.3, -0.25) is 4.55 Å². The number of ether oxygens (including phenoxy) is 1. The Morgan fingerprint density at radius 3 is 1.53 bits per heavy atom. The van der Waals surface area contributed by atoms with Crippen LogP contribution in [0.2, 0.25) is 0 Å². The quantitative estimate of drug-likeness (QED) is 0.0513. The molecule has 34 heavy (non-hydrogen) atoms. The standard InChI is InChI=1S/C25H13I3O5S/c26-20-13-7-1-2-8-14(13)21(27)22(28)19(20)25(29)33-23-15-9-3-5-11-17(15)24(34(30,31)32)18-12-6-4-10-16(18)23/h1-12H,(H,30,31,32). The molecular formula is C25H13I3O5S. The Morgan fingerprint density at radius 2 is 1.06 bits per heavy atom. The van der Waals surface area contributed by atoms with Gasteiger partial charge in [0.1, 0.15) is 10.6 Å². The molecule has 1 N–H and O–H groups in total. The fourth-order valence-corrected chi connectivity index (χ4v) is 7.99. The van der Waals surface area contributed by atoms with Gasteiger partial charge in [-0.25, -0.2) is 4.79 Å². The molecular weight excluding hydrogens is 793 g/mol. The molecule has 170 valence electrons. The van der Waals surface area contributed by atoms with Crippen LogP contribution < -0.4 is 4.74 Å². The number of hydrogen-bond acceptors (Lipinski definition) is 4. The topological polar surface area (TPSA) is 80.7 Å². The van der Waals surface area contributed by atoms with Gasteiger partial charge in [0.15, 0.2) is 0 Å². The zero-order chi connectivity index (χ0) is 24.2. The molecule has 0 spiro atoms. The molecule has 9 heteroatoms. The van der Waals surface area contributed by atoms with E-state index in [4.69, 9.17) is 4.74 Å². The minimum atomic E-state index is -4.54. The van der Waals surface area contributed by atoms with Crippen LogP contribution >= 0.6 is 67.8 Å². The molecule has 0 amide bonds. The Kier molecular flexibility index (Phi) is 6.50. The summed E-state index contributed by atoms with van der Waals surface area (Å²) in [6, 6.07) is 21.2. The Hall–Kier alpha value is -1.55. The number of fused-ring (bicyclic) bond motifs is 3. The van der Waals surface area contributed by atoms with Crippen LogP contribution in [0.5, 0.6) is 5.75 Å². The molecule has 0 aromatic heterocycles. The number of carbonyl (C=O) groups is 1. The molecule has 0 bridgehead atoms. The average Bonchev–Trinajstić information content (AvgIpc) is 2.82. The minimum Gasteiger partial charge on any atom is -0.422 e. The average molecular weight is 806 g/mol. The van der Waals surface area contributed by atoms with Crippen molar-refractivity contribution in [2.75, 3.05) is 0 Å². The summed E-state index contributed by atoms with van der Waals surface area (Å²) >= 11 is 6.57. The third-order valence-corrected chi connectivity index (χ3v) is 10.8. The predicted octanol–water partition coefficient (Wildman–Crippen LogP) is 7.43. The van der Waals surface area contributed by atoms with Crippen LogP contribution in [0.15, 0.2) is 77.7 Å². The molecule has 0 radical (unpaired) electrons. The van der Waals surface area contributed by atoms with E-state index in [0.717, 1.165) is 21.5 Å². The lowest BCUT2D eigenvalue weighted by Gasteiger charge is -2.17. The Balaban J connectivity index is 1.79. The zero-order valence-corrected chi connectivity index (χ0v) is 24.3. The van der Waals surface area contributed by atoms with Crippen LogP contribution in [-0.4, -0.2) is 18.9 Å². The Bertz CT molecular complexity index is 1710. The first-order valence-corrected chi connectivity index (χ1v) is 14.6. The van der Waals surface area contributed by atoms with E-state index in [1.807, 2.05) is 24.3 Å². The number of carbonyl (C=O) groups excluding carboxylic acids is 1. The fraction of sp³-hybridized carbons (Fsp3) is 0. The number of hydrogen-bond donors (Lipinski definition) is 1. The Morgan fingerprint density at radius 1 is 0.647 bits per heavy atom. The summed E-state index contributed by atoms with van der Waals surface area (Å²) in [4.78, 5) is 13.4. The van der Waals surface area contributed by atoms with Gasteiger partial charge in [-0.2, -0.15) is 8.42 Å². The number of rotatable bonds is 3. The maximum absolute atomic E-state index is 13.6. The van der Waals surface area contributed by atoms with Gasteiger partial charge >= 0.3 is 5.97 Å². The van der Waals surface area contributed by atoms with Crippen molar-refractivity contribution in [2.24, 2.45) is 0 Å². The first-order chi connectivity index (χ1) is 16.2. The predicted molar refractivity (Wildman–Crippen MR) is 158 cm³/mol. The van der Waals surface area contributed by atoms with Gasteiger partial charge in [-0.1, -0.05) is 72.8 Å². The molecule has 0 unspecified atom stereocenters.